The van der Waals surface area contributed by atoms with Crippen LogP contribution in [0.15, 0.2) is 0 Å². The molecule has 15 heavy (non-hydrogen) atoms. The molecule has 1 aliphatic rings. The van der Waals surface area contributed by atoms with E-state index in [0.29, 0.717) is 6.42 Å². The molecule has 1 unspecified atom stereocenters. The van der Waals surface area contributed by atoms with Gasteiger partial charge in [0.2, 0.25) is 5.91 Å². The fraction of sp³-hybridized carbons (Fsp3) is 0.727. The summed E-state index contributed by atoms with van der Waals surface area (Å²) in [5, 5.41) is 0. The fourth-order valence-corrected chi connectivity index (χ4v) is 1.72. The summed E-state index contributed by atoms with van der Waals surface area (Å²) >= 11 is 0. The Morgan fingerprint density at radius 3 is 2.87 bits per heavy atom. The maximum Gasteiger partial charge on any atom is 0.240 e. The summed E-state index contributed by atoms with van der Waals surface area (Å²) in [5.41, 5.74) is 5.70. The van der Waals surface area contributed by atoms with Crippen LogP contribution < -0.4 is 5.73 Å². The lowest BCUT2D eigenvalue weighted by Gasteiger charge is -2.23. The number of likely N-dealkylation sites (N-methyl/N-ethyl adjacent to an activating group) is 1. The highest BCUT2D eigenvalue weighted by Crippen LogP contribution is 2.04. The Morgan fingerprint density at radius 1 is 1.47 bits per heavy atom. The van der Waals surface area contributed by atoms with E-state index in [2.05, 4.69) is 17.9 Å². The van der Waals surface area contributed by atoms with Gasteiger partial charge in [0.1, 0.15) is 0 Å². The minimum Gasteiger partial charge on any atom is -0.340 e. The lowest BCUT2D eigenvalue weighted by atomic mass is 10.2. The van der Waals surface area contributed by atoms with Gasteiger partial charge in [-0.3, -0.25) is 4.79 Å². The normalized spacial score (nSPS) is 20.5. The number of hydrogen-bond donors (Lipinski definition) is 1. The van der Waals surface area contributed by atoms with Gasteiger partial charge in [-0.15, -0.1) is 12.3 Å². The summed E-state index contributed by atoms with van der Waals surface area (Å²) in [6.45, 7) is 3.50. The molecule has 0 aliphatic carbocycles. The number of nitrogens with two attached hydrogens (primary N) is 1. The Hall–Kier alpha value is -1.05. The SMILES string of the molecule is C#CCC(N)C(=O)N1CCCN(C)CC1. The van der Waals surface area contributed by atoms with Gasteiger partial charge in [0.15, 0.2) is 0 Å². The third kappa shape index (κ3) is 3.54. The number of nitrogens with zero attached hydrogens (tertiary/aromatic N) is 2. The number of hydrogen-bond acceptors (Lipinski definition) is 3. The zero-order valence-electron chi connectivity index (χ0n) is 9.28. The Bertz CT molecular complexity index is 259. The van der Waals surface area contributed by atoms with Crippen molar-refractivity contribution in [3.63, 3.8) is 0 Å². The molecule has 1 heterocycles. The molecule has 4 nitrogen and oxygen atoms in total. The summed E-state index contributed by atoms with van der Waals surface area (Å²) in [4.78, 5) is 15.9. The van der Waals surface area contributed by atoms with Gasteiger partial charge >= 0.3 is 0 Å². The first-order valence-corrected chi connectivity index (χ1v) is 5.31. The smallest absolute Gasteiger partial charge is 0.240 e. The van der Waals surface area contributed by atoms with E-state index in [9.17, 15) is 4.79 Å². The molecule has 0 aromatic rings. The fourth-order valence-electron chi connectivity index (χ4n) is 1.72. The molecule has 0 aromatic carbocycles. The molecule has 1 atom stereocenters. The van der Waals surface area contributed by atoms with Crippen LogP contribution in [-0.4, -0.2) is 55.0 Å². The van der Waals surface area contributed by atoms with Crippen molar-refractivity contribution in [3.8, 4) is 12.3 Å². The van der Waals surface area contributed by atoms with Crippen LogP contribution in [0.4, 0.5) is 0 Å². The number of rotatable bonds is 2. The molecule has 0 bridgehead atoms. The highest BCUT2D eigenvalue weighted by atomic mass is 16.2. The van der Waals surface area contributed by atoms with Crippen LogP contribution in [0.3, 0.4) is 0 Å². The van der Waals surface area contributed by atoms with E-state index in [4.69, 9.17) is 12.2 Å². The van der Waals surface area contributed by atoms with Crippen LogP contribution in [-0.2, 0) is 4.79 Å². The predicted molar refractivity (Wildman–Crippen MR) is 60.1 cm³/mol. The van der Waals surface area contributed by atoms with E-state index in [1.807, 2.05) is 4.90 Å². The van der Waals surface area contributed by atoms with E-state index in [1.54, 1.807) is 0 Å². The quantitative estimate of drug-likeness (QED) is 0.624. The summed E-state index contributed by atoms with van der Waals surface area (Å²) < 4.78 is 0. The van der Waals surface area contributed by atoms with E-state index in [-0.39, 0.29) is 5.91 Å². The van der Waals surface area contributed by atoms with Crippen molar-refractivity contribution >= 4 is 5.91 Å². The van der Waals surface area contributed by atoms with Gasteiger partial charge in [-0.2, -0.15) is 0 Å². The molecule has 1 rings (SSSR count). The van der Waals surface area contributed by atoms with Crippen molar-refractivity contribution in [2.24, 2.45) is 5.73 Å². The minimum atomic E-state index is -0.529. The van der Waals surface area contributed by atoms with E-state index in [1.165, 1.54) is 0 Å². The van der Waals surface area contributed by atoms with E-state index >= 15 is 0 Å². The average Bonchev–Trinajstić information content (AvgIpc) is 2.42. The number of amides is 1. The van der Waals surface area contributed by atoms with E-state index in [0.717, 1.165) is 32.6 Å². The number of terminal acetylenes is 1. The maximum atomic E-state index is 11.8. The van der Waals surface area contributed by atoms with Crippen LogP contribution in [0.5, 0.6) is 0 Å². The maximum absolute atomic E-state index is 11.8. The van der Waals surface area contributed by atoms with Gasteiger partial charge in [0, 0.05) is 26.1 Å². The molecule has 4 heteroatoms. The molecular formula is C11H19N3O. The number of carbonyl (C=O) groups excluding carboxylic acids is 1. The number of carbonyl (C=O) groups is 1. The first-order chi connectivity index (χ1) is 7.15. The molecule has 1 fully saturated rings. The van der Waals surface area contributed by atoms with Gasteiger partial charge in [0.05, 0.1) is 6.04 Å². The minimum absolute atomic E-state index is 0.0109. The van der Waals surface area contributed by atoms with Gasteiger partial charge in [-0.05, 0) is 20.0 Å². The summed E-state index contributed by atoms with van der Waals surface area (Å²) in [7, 11) is 2.06. The van der Waals surface area contributed by atoms with Crippen molar-refractivity contribution in [2.75, 3.05) is 33.2 Å². The van der Waals surface area contributed by atoms with E-state index < -0.39 is 6.04 Å². The zero-order chi connectivity index (χ0) is 11.3. The van der Waals surface area contributed by atoms with Crippen LogP contribution in [0, 0.1) is 12.3 Å². The molecular weight excluding hydrogens is 190 g/mol. The van der Waals surface area contributed by atoms with Crippen LogP contribution in [0.1, 0.15) is 12.8 Å². The molecule has 1 amide bonds. The highest BCUT2D eigenvalue weighted by Gasteiger charge is 2.21. The van der Waals surface area contributed by atoms with Crippen LogP contribution in [0.2, 0.25) is 0 Å². The first-order valence-electron chi connectivity index (χ1n) is 5.31. The lowest BCUT2D eigenvalue weighted by Crippen LogP contribution is -2.45. The monoisotopic (exact) mass is 209 g/mol. The standard InChI is InChI=1S/C11H19N3O/c1-3-5-10(12)11(15)14-7-4-6-13(2)8-9-14/h1,10H,4-9,12H2,2H3. The second-order valence-electron chi connectivity index (χ2n) is 4.00. The highest BCUT2D eigenvalue weighted by molar-refractivity contribution is 5.82. The largest absolute Gasteiger partial charge is 0.340 e. The summed E-state index contributed by atoms with van der Waals surface area (Å²) in [6.07, 6.45) is 6.47. The lowest BCUT2D eigenvalue weighted by molar-refractivity contribution is -0.132. The summed E-state index contributed by atoms with van der Waals surface area (Å²) in [5.74, 6) is 2.42. The third-order valence-electron chi connectivity index (χ3n) is 2.69. The van der Waals surface area contributed by atoms with Crippen LogP contribution in [0.25, 0.3) is 0 Å². The van der Waals surface area contributed by atoms with Crippen molar-refractivity contribution in [3.05, 3.63) is 0 Å². The Labute approximate surface area is 91.4 Å². The Balaban J connectivity index is 2.48. The van der Waals surface area contributed by atoms with Crippen molar-refractivity contribution in [2.45, 2.75) is 18.9 Å². The third-order valence-corrected chi connectivity index (χ3v) is 2.69. The zero-order valence-corrected chi connectivity index (χ0v) is 9.28. The molecule has 1 saturated heterocycles. The van der Waals surface area contributed by atoms with Gasteiger partial charge < -0.3 is 15.5 Å². The average molecular weight is 209 g/mol. The molecule has 0 aromatic heterocycles. The topological polar surface area (TPSA) is 49.6 Å². The van der Waals surface area contributed by atoms with Gasteiger partial charge in [-0.1, -0.05) is 0 Å². The molecule has 0 spiro atoms. The Morgan fingerprint density at radius 2 is 2.20 bits per heavy atom. The van der Waals surface area contributed by atoms with Gasteiger partial charge in [0.25, 0.3) is 0 Å². The first kappa shape index (κ1) is 12.0. The second kappa shape index (κ2) is 5.74. The van der Waals surface area contributed by atoms with Crippen molar-refractivity contribution in [1.82, 2.24) is 9.80 Å². The molecule has 1 aliphatic heterocycles. The molecule has 2 N–H and O–H groups in total. The van der Waals surface area contributed by atoms with Crippen LogP contribution >= 0.6 is 0 Å². The predicted octanol–water partition coefficient (Wildman–Crippen LogP) is -0.499. The molecule has 0 radical (unpaired) electrons. The second-order valence-corrected chi connectivity index (χ2v) is 4.00. The Kier molecular flexibility index (Phi) is 4.60. The molecule has 84 valence electrons. The van der Waals surface area contributed by atoms with Crippen molar-refractivity contribution < 1.29 is 4.79 Å². The molecule has 0 saturated carbocycles. The van der Waals surface area contributed by atoms with Gasteiger partial charge in [-0.25, -0.2) is 0 Å². The van der Waals surface area contributed by atoms with Crippen molar-refractivity contribution in [1.29, 1.82) is 0 Å². The summed E-state index contributed by atoms with van der Waals surface area (Å²) in [6, 6.07) is -0.529.